The summed E-state index contributed by atoms with van der Waals surface area (Å²) in [6, 6.07) is 3.01. The number of rotatable bonds is 2. The molecule has 5 nitrogen and oxygen atoms in total. The molecule has 1 aliphatic rings. The summed E-state index contributed by atoms with van der Waals surface area (Å²) < 4.78 is 5.76. The van der Waals surface area contributed by atoms with E-state index >= 15 is 0 Å². The number of aryl methyl sites for hydroxylation is 1. The van der Waals surface area contributed by atoms with Crippen LogP contribution >= 0.6 is 11.6 Å². The third-order valence-corrected chi connectivity index (χ3v) is 3.31. The van der Waals surface area contributed by atoms with Crippen molar-refractivity contribution in [2.75, 3.05) is 0 Å². The summed E-state index contributed by atoms with van der Waals surface area (Å²) in [4.78, 5) is 15.4. The minimum atomic E-state index is -0.254. The average molecular weight is 290 g/mol. The minimum Gasteiger partial charge on any atom is -0.434 e. The zero-order valence-electron chi connectivity index (χ0n) is 10.8. The van der Waals surface area contributed by atoms with Crippen LogP contribution in [0.2, 0.25) is 0 Å². The van der Waals surface area contributed by atoms with Crippen LogP contribution in [-0.4, -0.2) is 15.2 Å². The molecule has 3 rings (SSSR count). The summed E-state index contributed by atoms with van der Waals surface area (Å²) in [6.45, 7) is 1.84. The average Bonchev–Trinajstić information content (AvgIpc) is 2.82. The quantitative estimate of drug-likeness (QED) is 0.922. The molecule has 6 heteroatoms. The lowest BCUT2D eigenvalue weighted by molar-refractivity contribution is 0.553. The third kappa shape index (κ3) is 2.44. The Kier molecular flexibility index (Phi) is 3.28. The van der Waals surface area contributed by atoms with Crippen molar-refractivity contribution >= 4 is 17.2 Å². The molecule has 2 aromatic heterocycles. The number of H-pyrrole nitrogens is 1. The predicted molar refractivity (Wildman–Crippen MR) is 76.2 cm³/mol. The van der Waals surface area contributed by atoms with Crippen molar-refractivity contribution in [2.45, 2.75) is 19.8 Å². The predicted octanol–water partition coefficient (Wildman–Crippen LogP) is 3.03. The van der Waals surface area contributed by atoms with Gasteiger partial charge in [0.1, 0.15) is 5.69 Å². The SMILES string of the molecule is Cc1nc(C2=CCCC(Cl)=C2)oc1-c1ccc(=O)[nH]n1. The van der Waals surface area contributed by atoms with Gasteiger partial charge in [-0.1, -0.05) is 17.7 Å². The van der Waals surface area contributed by atoms with Crippen molar-refractivity contribution in [3.63, 3.8) is 0 Å². The Morgan fingerprint density at radius 3 is 2.95 bits per heavy atom. The Balaban J connectivity index is 2.01. The van der Waals surface area contributed by atoms with Gasteiger partial charge in [0.25, 0.3) is 5.56 Å². The largest absolute Gasteiger partial charge is 0.434 e. The molecule has 0 radical (unpaired) electrons. The van der Waals surface area contributed by atoms with E-state index in [0.29, 0.717) is 17.3 Å². The van der Waals surface area contributed by atoms with Gasteiger partial charge in [-0.3, -0.25) is 4.79 Å². The van der Waals surface area contributed by atoms with E-state index < -0.39 is 0 Å². The Morgan fingerprint density at radius 2 is 2.25 bits per heavy atom. The van der Waals surface area contributed by atoms with Crippen molar-refractivity contribution in [3.8, 4) is 11.5 Å². The second-order valence-electron chi connectivity index (χ2n) is 4.53. The van der Waals surface area contributed by atoms with Gasteiger partial charge in [0.15, 0.2) is 5.76 Å². The van der Waals surface area contributed by atoms with Crippen molar-refractivity contribution in [2.24, 2.45) is 0 Å². The van der Waals surface area contributed by atoms with Gasteiger partial charge in [-0.2, -0.15) is 5.10 Å². The highest BCUT2D eigenvalue weighted by Gasteiger charge is 2.16. The number of hydrogen-bond acceptors (Lipinski definition) is 4. The Labute approximate surface area is 120 Å². The second-order valence-corrected chi connectivity index (χ2v) is 5.01. The fourth-order valence-corrected chi connectivity index (χ4v) is 2.27. The lowest BCUT2D eigenvalue weighted by atomic mass is 10.1. The Morgan fingerprint density at radius 1 is 1.40 bits per heavy atom. The monoisotopic (exact) mass is 289 g/mol. The number of aromatic nitrogens is 3. The maximum Gasteiger partial charge on any atom is 0.264 e. The normalized spacial score (nSPS) is 14.9. The molecule has 0 spiro atoms. The molecule has 0 fully saturated rings. The van der Waals surface area contributed by atoms with Crippen LogP contribution in [0.4, 0.5) is 0 Å². The lowest BCUT2D eigenvalue weighted by Crippen LogP contribution is -2.05. The van der Waals surface area contributed by atoms with Crippen molar-refractivity contribution < 1.29 is 4.42 Å². The van der Waals surface area contributed by atoms with Gasteiger partial charge in [0, 0.05) is 16.7 Å². The van der Waals surface area contributed by atoms with Gasteiger partial charge in [-0.15, -0.1) is 0 Å². The number of allylic oxidation sites excluding steroid dienone is 4. The summed E-state index contributed by atoms with van der Waals surface area (Å²) in [5.74, 6) is 1.07. The van der Waals surface area contributed by atoms with E-state index in [1.54, 1.807) is 6.07 Å². The molecule has 2 heterocycles. The van der Waals surface area contributed by atoms with E-state index in [4.69, 9.17) is 16.0 Å². The first-order chi connectivity index (χ1) is 9.63. The molecule has 0 aliphatic heterocycles. The molecule has 102 valence electrons. The summed E-state index contributed by atoms with van der Waals surface area (Å²) >= 11 is 6.04. The zero-order valence-corrected chi connectivity index (χ0v) is 11.6. The highest BCUT2D eigenvalue weighted by molar-refractivity contribution is 6.30. The van der Waals surface area contributed by atoms with E-state index in [-0.39, 0.29) is 5.56 Å². The fourth-order valence-electron chi connectivity index (χ4n) is 2.04. The van der Waals surface area contributed by atoms with Crippen molar-refractivity contribution in [3.05, 3.63) is 51.3 Å². The molecular weight excluding hydrogens is 278 g/mol. The molecule has 1 aliphatic carbocycles. The number of aromatic amines is 1. The number of halogens is 1. The summed E-state index contributed by atoms with van der Waals surface area (Å²) in [7, 11) is 0. The zero-order chi connectivity index (χ0) is 14.1. The highest BCUT2D eigenvalue weighted by Crippen LogP contribution is 2.30. The van der Waals surface area contributed by atoms with Crippen LogP contribution in [0.15, 0.2) is 38.5 Å². The second kappa shape index (κ2) is 5.09. The maximum absolute atomic E-state index is 11.0. The molecule has 0 aromatic carbocycles. The van der Waals surface area contributed by atoms with Crippen molar-refractivity contribution in [1.29, 1.82) is 0 Å². The minimum absolute atomic E-state index is 0.254. The fraction of sp³-hybridized carbons (Fsp3) is 0.214. The van der Waals surface area contributed by atoms with E-state index in [1.165, 1.54) is 6.07 Å². The van der Waals surface area contributed by atoms with Crippen LogP contribution in [0, 0.1) is 6.92 Å². The van der Waals surface area contributed by atoms with Crippen molar-refractivity contribution in [1.82, 2.24) is 15.2 Å². The molecule has 20 heavy (non-hydrogen) atoms. The van der Waals surface area contributed by atoms with Crippen LogP contribution in [0.1, 0.15) is 24.4 Å². The van der Waals surface area contributed by atoms with Crippen LogP contribution in [0.5, 0.6) is 0 Å². The van der Waals surface area contributed by atoms with Crippen LogP contribution < -0.4 is 5.56 Å². The molecule has 2 aromatic rings. The molecule has 0 bridgehead atoms. The molecule has 0 saturated heterocycles. The number of nitrogens with zero attached hydrogens (tertiary/aromatic N) is 2. The van der Waals surface area contributed by atoms with E-state index in [2.05, 4.69) is 15.2 Å². The number of nitrogens with one attached hydrogen (secondary N) is 1. The van der Waals surface area contributed by atoms with E-state index in [9.17, 15) is 4.79 Å². The van der Waals surface area contributed by atoms with Gasteiger partial charge < -0.3 is 4.42 Å². The highest BCUT2D eigenvalue weighted by atomic mass is 35.5. The van der Waals surface area contributed by atoms with Crippen LogP contribution in [0.25, 0.3) is 17.0 Å². The summed E-state index contributed by atoms with van der Waals surface area (Å²) in [5, 5.41) is 7.12. The Bertz CT molecular complexity index is 750. The first-order valence-corrected chi connectivity index (χ1v) is 6.61. The van der Waals surface area contributed by atoms with Gasteiger partial charge in [-0.05, 0) is 31.9 Å². The van der Waals surface area contributed by atoms with Crippen LogP contribution in [0.3, 0.4) is 0 Å². The Hall–Kier alpha value is -2.14. The van der Waals surface area contributed by atoms with Gasteiger partial charge >= 0.3 is 0 Å². The summed E-state index contributed by atoms with van der Waals surface area (Å²) in [6.07, 6.45) is 5.62. The molecule has 1 N–H and O–H groups in total. The van der Waals surface area contributed by atoms with Gasteiger partial charge in [-0.25, -0.2) is 10.1 Å². The lowest BCUT2D eigenvalue weighted by Gasteiger charge is -2.05. The number of hydrogen-bond donors (Lipinski definition) is 1. The maximum atomic E-state index is 11.0. The van der Waals surface area contributed by atoms with Gasteiger partial charge in [0.2, 0.25) is 5.89 Å². The molecular formula is C14H12ClN3O2. The molecule has 0 saturated carbocycles. The van der Waals surface area contributed by atoms with E-state index in [0.717, 1.165) is 29.1 Å². The first kappa shape index (κ1) is 12.9. The van der Waals surface area contributed by atoms with Crippen LogP contribution in [-0.2, 0) is 0 Å². The topological polar surface area (TPSA) is 71.8 Å². The first-order valence-electron chi connectivity index (χ1n) is 6.23. The standard InChI is InChI=1S/C14H12ClN3O2/c1-8-13(11-5-6-12(19)18-17-11)20-14(16-8)9-3-2-4-10(15)7-9/h3,5-7H,2,4H2,1H3,(H,18,19). The molecule has 0 unspecified atom stereocenters. The smallest absolute Gasteiger partial charge is 0.264 e. The molecule has 0 amide bonds. The number of oxazole rings is 1. The molecule has 0 atom stereocenters. The third-order valence-electron chi connectivity index (χ3n) is 3.01. The van der Waals surface area contributed by atoms with Gasteiger partial charge in [0.05, 0.1) is 5.69 Å². The summed E-state index contributed by atoms with van der Waals surface area (Å²) in [5.41, 5.74) is 1.89. The van der Waals surface area contributed by atoms with E-state index in [1.807, 2.05) is 19.1 Å².